The van der Waals surface area contributed by atoms with Crippen molar-refractivity contribution in [3.8, 4) is 0 Å². The molecular formula is C17H28N4O. The Morgan fingerprint density at radius 1 is 1.23 bits per heavy atom. The largest absolute Gasteiger partial charge is 0.338 e. The lowest BCUT2D eigenvalue weighted by Gasteiger charge is -2.35. The number of aryl methyl sites for hydroxylation is 1. The van der Waals surface area contributed by atoms with Crippen LogP contribution in [0.25, 0.3) is 0 Å². The molecule has 2 unspecified atom stereocenters. The average Bonchev–Trinajstić information content (AvgIpc) is 3.26. The third-order valence-corrected chi connectivity index (χ3v) is 5.27. The zero-order valence-electron chi connectivity index (χ0n) is 13.9. The van der Waals surface area contributed by atoms with Gasteiger partial charge in [-0.25, -0.2) is 4.98 Å². The molecule has 2 aliphatic heterocycles. The van der Waals surface area contributed by atoms with Gasteiger partial charge in [0.1, 0.15) is 5.82 Å². The van der Waals surface area contributed by atoms with Gasteiger partial charge in [-0.15, -0.1) is 0 Å². The maximum Gasteiger partial charge on any atom is 0.222 e. The molecular weight excluding hydrogens is 276 g/mol. The second-order valence-corrected chi connectivity index (χ2v) is 6.46. The molecule has 0 bridgehead atoms. The predicted octanol–water partition coefficient (Wildman–Crippen LogP) is 2.27. The summed E-state index contributed by atoms with van der Waals surface area (Å²) in [7, 11) is 0. The van der Waals surface area contributed by atoms with E-state index < -0.39 is 0 Å². The summed E-state index contributed by atoms with van der Waals surface area (Å²) in [6.07, 6.45) is 9.35. The number of likely N-dealkylation sites (tertiary alicyclic amines) is 2. The summed E-state index contributed by atoms with van der Waals surface area (Å²) < 4.78 is 2.22. The van der Waals surface area contributed by atoms with Gasteiger partial charge in [0.25, 0.3) is 0 Å². The van der Waals surface area contributed by atoms with Crippen molar-refractivity contribution in [3.63, 3.8) is 0 Å². The molecule has 1 amide bonds. The van der Waals surface area contributed by atoms with Gasteiger partial charge in [0, 0.05) is 44.0 Å². The molecule has 2 fully saturated rings. The van der Waals surface area contributed by atoms with Crippen molar-refractivity contribution in [2.24, 2.45) is 0 Å². The smallest absolute Gasteiger partial charge is 0.222 e. The molecule has 3 rings (SSSR count). The highest BCUT2D eigenvalue weighted by molar-refractivity contribution is 5.76. The van der Waals surface area contributed by atoms with Crippen LogP contribution in [0, 0.1) is 0 Å². The summed E-state index contributed by atoms with van der Waals surface area (Å²) in [6.45, 7) is 8.10. The van der Waals surface area contributed by atoms with Crippen LogP contribution in [0.3, 0.4) is 0 Å². The molecule has 122 valence electrons. The maximum atomic E-state index is 12.2. The normalized spacial score (nSPS) is 26.0. The summed E-state index contributed by atoms with van der Waals surface area (Å²) in [4.78, 5) is 21.4. The molecule has 0 radical (unpaired) electrons. The first-order chi connectivity index (χ1) is 10.7. The van der Waals surface area contributed by atoms with Gasteiger partial charge in [-0.1, -0.05) is 6.92 Å². The van der Waals surface area contributed by atoms with Crippen LogP contribution in [0.5, 0.6) is 0 Å². The van der Waals surface area contributed by atoms with Crippen molar-refractivity contribution in [1.29, 1.82) is 0 Å². The Bertz CT molecular complexity index is 513. The van der Waals surface area contributed by atoms with Gasteiger partial charge in [-0.2, -0.15) is 0 Å². The second-order valence-electron chi connectivity index (χ2n) is 6.46. The molecule has 1 aromatic heterocycles. The third kappa shape index (κ3) is 2.91. The van der Waals surface area contributed by atoms with Crippen LogP contribution < -0.4 is 0 Å². The van der Waals surface area contributed by atoms with Crippen LogP contribution >= 0.6 is 0 Å². The lowest BCUT2D eigenvalue weighted by Crippen LogP contribution is -2.48. The molecule has 3 heterocycles. The molecule has 2 saturated heterocycles. The number of nitrogens with zero attached hydrogens (tertiary/aromatic N) is 4. The van der Waals surface area contributed by atoms with Crippen LogP contribution in [0.1, 0.15) is 51.8 Å². The summed E-state index contributed by atoms with van der Waals surface area (Å²) >= 11 is 0. The third-order valence-electron chi connectivity index (χ3n) is 5.27. The number of hydrogen-bond acceptors (Lipinski definition) is 3. The predicted molar refractivity (Wildman–Crippen MR) is 86.4 cm³/mol. The maximum absolute atomic E-state index is 12.2. The molecule has 5 heteroatoms. The SMILES string of the molecule is CCC(=O)N1CCCC1C1CCCN1Cc1nccn1CC. The van der Waals surface area contributed by atoms with Gasteiger partial charge in [-0.3, -0.25) is 9.69 Å². The first-order valence-corrected chi connectivity index (χ1v) is 8.78. The molecule has 0 aliphatic carbocycles. The monoisotopic (exact) mass is 304 g/mol. The van der Waals surface area contributed by atoms with Crippen molar-refractivity contribution in [3.05, 3.63) is 18.2 Å². The fourth-order valence-electron chi connectivity index (χ4n) is 4.15. The topological polar surface area (TPSA) is 41.4 Å². The average molecular weight is 304 g/mol. The number of imidazole rings is 1. The number of aromatic nitrogens is 2. The molecule has 2 aliphatic rings. The number of rotatable bonds is 5. The minimum atomic E-state index is 0.324. The summed E-state index contributed by atoms with van der Waals surface area (Å²) in [6, 6.07) is 0.931. The van der Waals surface area contributed by atoms with E-state index in [0.717, 1.165) is 44.8 Å². The Labute approximate surface area is 133 Å². The highest BCUT2D eigenvalue weighted by Gasteiger charge is 2.39. The van der Waals surface area contributed by atoms with Crippen LogP contribution in [0.15, 0.2) is 12.4 Å². The number of carbonyl (C=O) groups is 1. The van der Waals surface area contributed by atoms with Crippen LogP contribution in [0.4, 0.5) is 0 Å². The summed E-state index contributed by atoms with van der Waals surface area (Å²) in [5.74, 6) is 1.48. The summed E-state index contributed by atoms with van der Waals surface area (Å²) in [5, 5.41) is 0. The van der Waals surface area contributed by atoms with E-state index in [9.17, 15) is 4.79 Å². The molecule has 5 nitrogen and oxygen atoms in total. The van der Waals surface area contributed by atoms with Crippen molar-refractivity contribution < 1.29 is 4.79 Å². The Balaban J connectivity index is 1.71. The first-order valence-electron chi connectivity index (χ1n) is 8.78. The van der Waals surface area contributed by atoms with Crippen molar-refractivity contribution in [2.75, 3.05) is 13.1 Å². The lowest BCUT2D eigenvalue weighted by atomic mass is 10.0. The zero-order valence-corrected chi connectivity index (χ0v) is 13.9. The van der Waals surface area contributed by atoms with Gasteiger partial charge in [-0.05, 0) is 39.2 Å². The highest BCUT2D eigenvalue weighted by Crippen LogP contribution is 2.31. The van der Waals surface area contributed by atoms with E-state index in [1.165, 1.54) is 12.8 Å². The van der Waals surface area contributed by atoms with Crippen molar-refractivity contribution >= 4 is 5.91 Å². The minimum Gasteiger partial charge on any atom is -0.338 e. The van der Waals surface area contributed by atoms with Gasteiger partial charge in [0.15, 0.2) is 0 Å². The second kappa shape index (κ2) is 6.82. The highest BCUT2D eigenvalue weighted by atomic mass is 16.2. The standard InChI is InChI=1S/C17H28N4O/c1-3-17(22)21-11-6-8-15(21)14-7-5-10-20(14)13-16-18-9-12-19(16)4-2/h9,12,14-15H,3-8,10-11,13H2,1-2H3. The van der Waals surface area contributed by atoms with Crippen LogP contribution in [-0.2, 0) is 17.9 Å². The Hall–Kier alpha value is -1.36. The first kappa shape index (κ1) is 15.5. The summed E-state index contributed by atoms with van der Waals surface area (Å²) in [5.41, 5.74) is 0. The van der Waals surface area contributed by atoms with Gasteiger partial charge in [0.05, 0.1) is 6.54 Å². The van der Waals surface area contributed by atoms with E-state index in [4.69, 9.17) is 0 Å². The van der Waals surface area contributed by atoms with Gasteiger partial charge < -0.3 is 9.47 Å². The van der Waals surface area contributed by atoms with Gasteiger partial charge >= 0.3 is 0 Å². The minimum absolute atomic E-state index is 0.324. The molecule has 0 aromatic carbocycles. The molecule has 0 saturated carbocycles. The molecule has 22 heavy (non-hydrogen) atoms. The quantitative estimate of drug-likeness (QED) is 0.838. The lowest BCUT2D eigenvalue weighted by molar-refractivity contribution is -0.132. The van der Waals surface area contributed by atoms with E-state index in [0.29, 0.717) is 24.4 Å². The van der Waals surface area contributed by atoms with Crippen molar-refractivity contribution in [2.45, 2.75) is 71.1 Å². The molecule has 1 aromatic rings. The molecule has 0 spiro atoms. The van der Waals surface area contributed by atoms with Gasteiger partial charge in [0.2, 0.25) is 5.91 Å². The van der Waals surface area contributed by atoms with E-state index >= 15 is 0 Å². The molecule has 2 atom stereocenters. The molecule has 0 N–H and O–H groups in total. The Kier molecular flexibility index (Phi) is 4.81. The fourth-order valence-corrected chi connectivity index (χ4v) is 4.15. The Morgan fingerprint density at radius 3 is 2.77 bits per heavy atom. The number of amides is 1. The van der Waals surface area contributed by atoms with Crippen LogP contribution in [0.2, 0.25) is 0 Å². The number of carbonyl (C=O) groups excluding carboxylic acids is 1. The fraction of sp³-hybridized carbons (Fsp3) is 0.765. The van der Waals surface area contributed by atoms with Crippen molar-refractivity contribution in [1.82, 2.24) is 19.4 Å². The van der Waals surface area contributed by atoms with E-state index in [2.05, 4.69) is 32.5 Å². The van der Waals surface area contributed by atoms with Crippen LogP contribution in [-0.4, -0.2) is 50.4 Å². The van der Waals surface area contributed by atoms with E-state index in [1.54, 1.807) is 0 Å². The Morgan fingerprint density at radius 2 is 2.00 bits per heavy atom. The van der Waals surface area contributed by atoms with E-state index in [1.807, 2.05) is 13.1 Å². The number of hydrogen-bond donors (Lipinski definition) is 0. The van der Waals surface area contributed by atoms with E-state index in [-0.39, 0.29) is 0 Å². The zero-order chi connectivity index (χ0) is 15.5.